The number of carbonyl (C=O) groups excluding carboxylic acids is 1. The van der Waals surface area contributed by atoms with Crippen LogP contribution in [0.1, 0.15) is 91.0 Å². The molecule has 45 heavy (non-hydrogen) atoms. The number of hydrogen-bond donors (Lipinski definition) is 1. The third kappa shape index (κ3) is 7.59. The molecule has 0 bridgehead atoms. The van der Waals surface area contributed by atoms with Crippen molar-refractivity contribution in [2.75, 3.05) is 0 Å². The van der Waals surface area contributed by atoms with Gasteiger partial charge in [-0.2, -0.15) is 0 Å². The molecule has 0 aliphatic carbocycles. The number of aryl methyl sites for hydroxylation is 2. The van der Waals surface area contributed by atoms with Gasteiger partial charge in [0, 0.05) is 54.0 Å². The molecule has 3 heterocycles. The molecule has 0 spiro atoms. The van der Waals surface area contributed by atoms with Crippen molar-refractivity contribution in [1.82, 2.24) is 4.98 Å². The molecule has 0 aliphatic heterocycles. The number of rotatable bonds is 8. The summed E-state index contributed by atoms with van der Waals surface area (Å²) in [5.41, 5.74) is 4.51. The molecule has 5 rings (SSSR count). The molecular weight excluding hydrogens is 762 g/mol. The van der Waals surface area contributed by atoms with Gasteiger partial charge in [0.2, 0.25) is 0 Å². The molecule has 7 heteroatoms. The predicted molar refractivity (Wildman–Crippen MR) is 183 cm³/mol. The van der Waals surface area contributed by atoms with Gasteiger partial charge in [0.15, 0.2) is 17.2 Å². The summed E-state index contributed by atoms with van der Waals surface area (Å²) in [7, 11) is 0. The second-order valence-corrected chi connectivity index (χ2v) is 13.6. The average molecular weight is 807 g/mol. The van der Waals surface area contributed by atoms with Crippen LogP contribution in [0.4, 0.5) is 4.39 Å². The van der Waals surface area contributed by atoms with Crippen molar-refractivity contribution < 1.29 is 38.8 Å². The summed E-state index contributed by atoms with van der Waals surface area (Å²) in [5.74, 6) is 1.03. The van der Waals surface area contributed by atoms with Gasteiger partial charge in [0.25, 0.3) is 0 Å². The van der Waals surface area contributed by atoms with Gasteiger partial charge in [0.1, 0.15) is 5.76 Å². The Balaban J connectivity index is 0.000000297. The van der Waals surface area contributed by atoms with Gasteiger partial charge in [-0.05, 0) is 44.9 Å². The van der Waals surface area contributed by atoms with E-state index in [-0.39, 0.29) is 54.7 Å². The van der Waals surface area contributed by atoms with E-state index < -0.39 is 0 Å². The monoisotopic (exact) mass is 807 g/mol. The predicted octanol–water partition coefficient (Wildman–Crippen LogP) is 11.6. The number of allylic oxidation sites excluding steroid dienone is 2. The molecule has 0 unspecified atom stereocenters. The Bertz CT molecular complexity index is 1820. The topological polar surface area (TPSA) is 63.3 Å². The van der Waals surface area contributed by atoms with Crippen molar-refractivity contribution in [3.63, 3.8) is 0 Å². The summed E-state index contributed by atoms with van der Waals surface area (Å²) < 4.78 is 22.5. The van der Waals surface area contributed by atoms with Gasteiger partial charge in [0.05, 0.1) is 22.0 Å². The zero-order valence-corrected chi connectivity index (χ0v) is 31.1. The van der Waals surface area contributed by atoms with E-state index in [0.29, 0.717) is 11.0 Å². The molecule has 0 atom stereocenters. The number of halogens is 1. The van der Waals surface area contributed by atoms with Crippen LogP contribution in [-0.4, -0.2) is 15.9 Å². The van der Waals surface area contributed by atoms with E-state index >= 15 is 0 Å². The number of furan rings is 1. The minimum atomic E-state index is -0.347. The fourth-order valence-electron chi connectivity index (χ4n) is 5.73. The Morgan fingerprint density at radius 3 is 2.27 bits per heavy atom. The van der Waals surface area contributed by atoms with Crippen LogP contribution < -0.4 is 0 Å². The van der Waals surface area contributed by atoms with Crippen molar-refractivity contribution in [1.29, 1.82) is 0 Å². The Morgan fingerprint density at radius 1 is 1.04 bits per heavy atom. The van der Waals surface area contributed by atoms with Gasteiger partial charge in [-0.1, -0.05) is 77.6 Å². The summed E-state index contributed by atoms with van der Waals surface area (Å²) in [4.78, 5) is 16.2. The minimum Gasteiger partial charge on any atom is -0.512 e. The third-order valence-corrected chi connectivity index (χ3v) is 9.97. The first kappa shape index (κ1) is 36.6. The molecule has 0 saturated heterocycles. The normalized spacial score (nSPS) is 12.2. The number of carbonyl (C=O) groups is 1. The molecule has 1 radical (unpaired) electrons. The van der Waals surface area contributed by atoms with Gasteiger partial charge in [-0.15, -0.1) is 40.5 Å². The molecule has 4 nitrogen and oxygen atoms in total. The van der Waals surface area contributed by atoms with Crippen LogP contribution in [0, 0.1) is 37.6 Å². The first-order valence-electron chi connectivity index (χ1n) is 15.7. The number of hydrogen-bond acceptors (Lipinski definition) is 5. The molecular formula is C38H45FIrNO3S-. The van der Waals surface area contributed by atoms with Gasteiger partial charge in [-0.3, -0.25) is 9.78 Å². The zero-order valence-electron chi connectivity index (χ0n) is 27.9. The molecule has 0 saturated carbocycles. The maximum absolute atomic E-state index is 14.8. The smallest absolute Gasteiger partial charge is 0.162 e. The number of pyridine rings is 1. The van der Waals surface area contributed by atoms with E-state index in [0.717, 1.165) is 63.1 Å². The fraction of sp³-hybridized carbons (Fsp3) is 0.421. The van der Waals surface area contributed by atoms with Crippen molar-refractivity contribution in [2.24, 2.45) is 11.8 Å². The number of nitrogens with zero attached hydrogens (tertiary/aromatic N) is 1. The van der Waals surface area contributed by atoms with Crippen LogP contribution >= 0.6 is 11.3 Å². The first-order chi connectivity index (χ1) is 20.9. The average Bonchev–Trinajstić information content (AvgIpc) is 3.49. The standard InChI is InChI=1S/C25H21FNOS.C13H24O2.Ir/c1-13-14(2)28-22-20-19(26)12-27-21(24(20)29-23(13)22)16-10-15-8-6-7-9-17(15)18(11-16)25(3,4)5;1-5-10(6-2)12(14)9-13(15)11(7-3)8-4;/h6-9,11-12H,1-5H3;9-11,14H,5-8H2,1-4H3;/q-1;;/b;12-9-;. The van der Waals surface area contributed by atoms with Crippen molar-refractivity contribution >= 4 is 48.3 Å². The van der Waals surface area contributed by atoms with Gasteiger partial charge >= 0.3 is 0 Å². The maximum atomic E-state index is 14.8. The number of thiophene rings is 1. The van der Waals surface area contributed by atoms with E-state index in [1.807, 2.05) is 47.6 Å². The largest absolute Gasteiger partial charge is 0.512 e. The SMILES string of the molecule is CCC(CC)C(=O)/C=C(\O)C(CC)CC.Cc1oc2c(sc3c(-c4[c-]c5ccccc5c(C(C)(C)C)c4)ncc(F)c32)c1C.[Ir]. The number of fused-ring (bicyclic) bond motifs is 4. The first-order valence-corrected chi connectivity index (χ1v) is 16.5. The number of aliphatic hydroxyl groups is 1. The summed E-state index contributed by atoms with van der Waals surface area (Å²) in [6.45, 7) is 18.6. The van der Waals surface area contributed by atoms with Crippen LogP contribution in [0.5, 0.6) is 0 Å². The molecule has 0 fully saturated rings. The van der Waals surface area contributed by atoms with Gasteiger partial charge < -0.3 is 9.52 Å². The third-order valence-electron chi connectivity index (χ3n) is 8.67. The van der Waals surface area contributed by atoms with Crippen LogP contribution in [0.2, 0.25) is 0 Å². The molecule has 3 aromatic heterocycles. The Labute approximate surface area is 284 Å². The van der Waals surface area contributed by atoms with E-state index in [2.05, 4.69) is 56.1 Å². The number of aliphatic hydroxyl groups excluding tert-OH is 1. The fourth-order valence-corrected chi connectivity index (χ4v) is 7.02. The Morgan fingerprint density at radius 2 is 1.67 bits per heavy atom. The number of aromatic nitrogens is 1. The van der Waals surface area contributed by atoms with Crippen molar-refractivity contribution in [2.45, 2.75) is 93.4 Å². The summed E-state index contributed by atoms with van der Waals surface area (Å²) in [5, 5.41) is 12.5. The van der Waals surface area contributed by atoms with E-state index in [1.54, 1.807) is 11.3 Å². The summed E-state index contributed by atoms with van der Waals surface area (Å²) in [6.07, 6.45) is 6.21. The Hall–Kier alpha value is -2.86. The van der Waals surface area contributed by atoms with Crippen molar-refractivity contribution in [3.8, 4) is 11.3 Å². The zero-order chi connectivity index (χ0) is 32.3. The Kier molecular flexibility index (Phi) is 12.3. The number of ketones is 1. The maximum Gasteiger partial charge on any atom is 0.162 e. The van der Waals surface area contributed by atoms with Crippen LogP contribution in [0.3, 0.4) is 0 Å². The summed E-state index contributed by atoms with van der Waals surface area (Å²) >= 11 is 1.55. The molecule has 243 valence electrons. The van der Waals surface area contributed by atoms with Crippen LogP contribution in [0.25, 0.3) is 42.4 Å². The molecule has 0 aliphatic rings. The van der Waals surface area contributed by atoms with Crippen molar-refractivity contribution in [3.05, 3.63) is 77.1 Å². The van der Waals surface area contributed by atoms with Crippen LogP contribution in [0.15, 0.2) is 52.8 Å². The molecule has 0 amide bonds. The second-order valence-electron chi connectivity index (χ2n) is 12.6. The molecule has 1 N–H and O–H groups in total. The molecule has 5 aromatic rings. The molecule has 2 aromatic carbocycles. The minimum absolute atomic E-state index is 0. The second kappa shape index (κ2) is 15.2. The quantitative estimate of drug-likeness (QED) is 0.0964. The van der Waals surface area contributed by atoms with E-state index in [1.165, 1.54) is 23.2 Å². The van der Waals surface area contributed by atoms with E-state index in [9.17, 15) is 14.3 Å². The van der Waals surface area contributed by atoms with Gasteiger partial charge in [-0.25, -0.2) is 4.39 Å². The van der Waals surface area contributed by atoms with Crippen LogP contribution in [-0.2, 0) is 30.3 Å². The number of benzene rings is 2. The summed E-state index contributed by atoms with van der Waals surface area (Å²) in [6, 6.07) is 14.0. The van der Waals surface area contributed by atoms with E-state index in [4.69, 9.17) is 4.42 Å².